The van der Waals surface area contributed by atoms with Crippen LogP contribution in [0.25, 0.3) is 32.7 Å². The fourth-order valence-electron chi connectivity index (χ4n) is 4.39. The van der Waals surface area contributed by atoms with Gasteiger partial charge in [0.05, 0.1) is 0 Å². The summed E-state index contributed by atoms with van der Waals surface area (Å²) in [6.07, 6.45) is 5.72. The van der Waals surface area contributed by atoms with Gasteiger partial charge in [0.1, 0.15) is 5.75 Å². The third-order valence-electron chi connectivity index (χ3n) is 6.13. The molecule has 0 heterocycles. The Morgan fingerprint density at radius 2 is 1.62 bits per heavy atom. The van der Waals surface area contributed by atoms with Crippen molar-refractivity contribution in [1.29, 1.82) is 0 Å². The van der Waals surface area contributed by atoms with Crippen LogP contribution in [0.5, 0.6) is 5.75 Å². The summed E-state index contributed by atoms with van der Waals surface area (Å²) in [6, 6.07) is 24.7. The van der Waals surface area contributed by atoms with E-state index in [-0.39, 0.29) is 11.7 Å². The average molecular weight is 426 g/mol. The van der Waals surface area contributed by atoms with Gasteiger partial charge in [-0.2, -0.15) is 0 Å². The van der Waals surface area contributed by atoms with E-state index in [1.807, 2.05) is 12.1 Å². The van der Waals surface area contributed by atoms with Crippen LogP contribution in [-0.2, 0) is 11.2 Å². The minimum Gasteiger partial charge on any atom is -0.508 e. The lowest BCUT2D eigenvalue weighted by molar-refractivity contribution is -0.121. The fourth-order valence-corrected chi connectivity index (χ4v) is 4.39. The van der Waals surface area contributed by atoms with Gasteiger partial charge in [0, 0.05) is 13.0 Å². The summed E-state index contributed by atoms with van der Waals surface area (Å²) in [5.41, 5.74) is 3.45. The smallest absolute Gasteiger partial charge is 0.220 e. The van der Waals surface area contributed by atoms with Gasteiger partial charge in [-0.05, 0) is 69.3 Å². The molecule has 0 aliphatic carbocycles. The Labute approximate surface area is 190 Å². The number of hydrogen-bond donors (Lipinski definition) is 2. The molecule has 0 aliphatic rings. The van der Waals surface area contributed by atoms with Crippen LogP contribution in [0.3, 0.4) is 0 Å². The predicted octanol–water partition coefficient (Wildman–Crippen LogP) is 6.99. The lowest BCUT2D eigenvalue weighted by atomic mass is 9.91. The zero-order chi connectivity index (χ0) is 22.3. The van der Waals surface area contributed by atoms with Crippen LogP contribution >= 0.6 is 0 Å². The zero-order valence-electron chi connectivity index (χ0n) is 18.7. The molecule has 4 aromatic rings. The van der Waals surface area contributed by atoms with E-state index in [0.29, 0.717) is 19.4 Å². The molecule has 0 aromatic heterocycles. The second-order valence-electron chi connectivity index (χ2n) is 8.47. The van der Waals surface area contributed by atoms with E-state index in [0.717, 1.165) is 40.3 Å². The van der Waals surface area contributed by atoms with Gasteiger partial charge in [0.15, 0.2) is 0 Å². The van der Waals surface area contributed by atoms with E-state index in [1.54, 1.807) is 6.07 Å². The number of nitrogens with one attached hydrogen (secondary N) is 1. The molecule has 0 saturated carbocycles. The van der Waals surface area contributed by atoms with E-state index < -0.39 is 0 Å². The van der Waals surface area contributed by atoms with Gasteiger partial charge in [-0.25, -0.2) is 0 Å². The number of fused-ring (bicyclic) bond motifs is 2. The van der Waals surface area contributed by atoms with Crippen LogP contribution in [0.2, 0.25) is 0 Å². The Kier molecular flexibility index (Phi) is 7.06. The van der Waals surface area contributed by atoms with Gasteiger partial charge in [-0.3, -0.25) is 4.79 Å². The van der Waals surface area contributed by atoms with Gasteiger partial charge in [0.25, 0.3) is 0 Å². The summed E-state index contributed by atoms with van der Waals surface area (Å²) in [5.74, 6) is 0.380. The predicted molar refractivity (Wildman–Crippen MR) is 134 cm³/mol. The highest BCUT2D eigenvalue weighted by Gasteiger charge is 2.12. The number of benzene rings is 4. The van der Waals surface area contributed by atoms with Crippen molar-refractivity contribution in [2.75, 3.05) is 6.54 Å². The molecule has 0 radical (unpaired) electrons. The van der Waals surface area contributed by atoms with Gasteiger partial charge in [0.2, 0.25) is 5.91 Å². The number of amides is 1. The standard InChI is InChI=1S/C29H31NO2/c1-2-3-4-5-10-29(32)30-18-17-27-26(16-14-22-13-15-25(31)20-28(22)27)24-12-11-21-8-6-7-9-23(21)19-24/h6-9,11-16,19-20,31H,2-5,10,17-18H2,1H3,(H,30,32). The van der Waals surface area contributed by atoms with Crippen LogP contribution < -0.4 is 5.32 Å². The van der Waals surface area contributed by atoms with Gasteiger partial charge >= 0.3 is 0 Å². The first kappa shape index (κ1) is 21.9. The number of unbranched alkanes of at least 4 members (excludes halogenated alkanes) is 3. The largest absolute Gasteiger partial charge is 0.508 e. The average Bonchev–Trinajstić information content (AvgIpc) is 2.81. The number of hydrogen-bond acceptors (Lipinski definition) is 2. The highest BCUT2D eigenvalue weighted by molar-refractivity contribution is 5.95. The molecule has 0 spiro atoms. The lowest BCUT2D eigenvalue weighted by Gasteiger charge is -2.15. The van der Waals surface area contributed by atoms with Crippen LogP contribution in [0.1, 0.15) is 44.6 Å². The first-order valence-corrected chi connectivity index (χ1v) is 11.7. The summed E-state index contributed by atoms with van der Waals surface area (Å²) < 4.78 is 0. The number of carbonyl (C=O) groups excluding carboxylic acids is 1. The maximum atomic E-state index is 12.3. The fraction of sp³-hybridized carbons (Fsp3) is 0.276. The molecule has 0 atom stereocenters. The van der Waals surface area contributed by atoms with Gasteiger partial charge < -0.3 is 10.4 Å². The summed E-state index contributed by atoms with van der Waals surface area (Å²) in [7, 11) is 0. The summed E-state index contributed by atoms with van der Waals surface area (Å²) in [6.45, 7) is 2.76. The molecule has 164 valence electrons. The minimum atomic E-state index is 0.122. The van der Waals surface area contributed by atoms with Gasteiger partial charge in [-0.1, -0.05) is 80.8 Å². The number of rotatable bonds is 9. The molecule has 1 amide bonds. The molecule has 2 N–H and O–H groups in total. The molecule has 4 aromatic carbocycles. The van der Waals surface area contributed by atoms with E-state index >= 15 is 0 Å². The number of aromatic hydroxyl groups is 1. The molecule has 0 aliphatic heterocycles. The molecule has 32 heavy (non-hydrogen) atoms. The monoisotopic (exact) mass is 425 g/mol. The first-order valence-electron chi connectivity index (χ1n) is 11.7. The Balaban J connectivity index is 1.61. The van der Waals surface area contributed by atoms with E-state index in [1.165, 1.54) is 23.6 Å². The number of phenolic OH excluding ortho intramolecular Hbond substituents is 1. The van der Waals surface area contributed by atoms with Crippen LogP contribution in [-0.4, -0.2) is 17.6 Å². The third-order valence-corrected chi connectivity index (χ3v) is 6.13. The van der Waals surface area contributed by atoms with Crippen molar-refractivity contribution in [3.63, 3.8) is 0 Å². The quantitative estimate of drug-likeness (QED) is 0.284. The van der Waals surface area contributed by atoms with Crippen molar-refractivity contribution in [3.05, 3.63) is 78.4 Å². The van der Waals surface area contributed by atoms with Crippen molar-refractivity contribution in [3.8, 4) is 16.9 Å². The van der Waals surface area contributed by atoms with Crippen LogP contribution in [0, 0.1) is 0 Å². The molecule has 0 bridgehead atoms. The maximum Gasteiger partial charge on any atom is 0.220 e. The van der Waals surface area contributed by atoms with Crippen LogP contribution in [0.4, 0.5) is 0 Å². The van der Waals surface area contributed by atoms with Crippen molar-refractivity contribution >= 4 is 27.5 Å². The third kappa shape index (κ3) is 5.11. The highest BCUT2D eigenvalue weighted by Crippen LogP contribution is 2.34. The maximum absolute atomic E-state index is 12.3. The summed E-state index contributed by atoms with van der Waals surface area (Å²) in [4.78, 5) is 12.3. The van der Waals surface area contributed by atoms with Crippen molar-refractivity contribution in [2.24, 2.45) is 0 Å². The zero-order valence-corrected chi connectivity index (χ0v) is 18.7. The van der Waals surface area contributed by atoms with Gasteiger partial charge in [-0.15, -0.1) is 0 Å². The first-order chi connectivity index (χ1) is 15.7. The summed E-state index contributed by atoms with van der Waals surface area (Å²) in [5, 5.41) is 17.8. The highest BCUT2D eigenvalue weighted by atomic mass is 16.3. The van der Waals surface area contributed by atoms with Crippen molar-refractivity contribution in [1.82, 2.24) is 5.32 Å². The molecule has 4 rings (SSSR count). The molecule has 0 unspecified atom stereocenters. The van der Waals surface area contributed by atoms with Crippen LogP contribution in [0.15, 0.2) is 72.8 Å². The Morgan fingerprint density at radius 1 is 0.844 bits per heavy atom. The SMILES string of the molecule is CCCCCCC(=O)NCCc1c(-c2ccc3ccccc3c2)ccc2ccc(O)cc12. The second-order valence-corrected chi connectivity index (χ2v) is 8.47. The van der Waals surface area contributed by atoms with Crippen molar-refractivity contribution in [2.45, 2.75) is 45.4 Å². The normalized spacial score (nSPS) is 11.2. The molecular weight excluding hydrogens is 394 g/mol. The molecule has 0 saturated heterocycles. The Hall–Kier alpha value is -3.33. The molecule has 3 heteroatoms. The number of carbonyl (C=O) groups is 1. The topological polar surface area (TPSA) is 49.3 Å². The van der Waals surface area contributed by atoms with E-state index in [4.69, 9.17) is 0 Å². The summed E-state index contributed by atoms with van der Waals surface area (Å²) >= 11 is 0. The van der Waals surface area contributed by atoms with Crippen molar-refractivity contribution < 1.29 is 9.90 Å². The lowest BCUT2D eigenvalue weighted by Crippen LogP contribution is -2.25. The second kappa shape index (κ2) is 10.3. The van der Waals surface area contributed by atoms with E-state index in [2.05, 4.69) is 66.8 Å². The minimum absolute atomic E-state index is 0.122. The van der Waals surface area contributed by atoms with E-state index in [9.17, 15) is 9.90 Å². The Bertz CT molecular complexity index is 1230. The number of phenols is 1. The molecule has 3 nitrogen and oxygen atoms in total. The molecular formula is C29H31NO2. The Morgan fingerprint density at radius 3 is 2.47 bits per heavy atom. The molecule has 0 fully saturated rings.